The van der Waals surface area contributed by atoms with E-state index in [-0.39, 0.29) is 17.8 Å². The van der Waals surface area contributed by atoms with Gasteiger partial charge in [-0.3, -0.25) is 4.79 Å². The normalized spacial score (nSPS) is 11.0. The van der Waals surface area contributed by atoms with Crippen LogP contribution in [0.1, 0.15) is 12.1 Å². The Balaban J connectivity index is 3.01. The van der Waals surface area contributed by atoms with Crippen molar-refractivity contribution in [2.45, 2.75) is 19.5 Å². The Bertz CT molecular complexity index is 399. The van der Waals surface area contributed by atoms with Gasteiger partial charge in [-0.15, -0.1) is 0 Å². The smallest absolute Gasteiger partial charge is 0.223 e. The minimum absolute atomic E-state index is 0.0916. The highest BCUT2D eigenvalue weighted by Gasteiger charge is 2.06. The Kier molecular flexibility index (Phi) is 4.52. The Morgan fingerprint density at radius 1 is 1.44 bits per heavy atom. The zero-order valence-corrected chi connectivity index (χ0v) is 9.68. The second-order valence-electron chi connectivity index (χ2n) is 4.02. The first-order chi connectivity index (χ1) is 7.54. The molecular weight excluding hydrogens is 208 g/mol. The second kappa shape index (κ2) is 5.67. The average Bonchev–Trinajstić information content (AvgIpc) is 2.20. The van der Waals surface area contributed by atoms with E-state index in [9.17, 15) is 9.90 Å². The van der Waals surface area contributed by atoms with Crippen LogP contribution < -0.4 is 5.43 Å². The van der Waals surface area contributed by atoms with E-state index >= 15 is 0 Å². The summed E-state index contributed by atoms with van der Waals surface area (Å²) in [5.74, 6) is -0.250. The van der Waals surface area contributed by atoms with Crippen molar-refractivity contribution in [1.82, 2.24) is 9.47 Å². The number of nitrogens with zero attached hydrogens (tertiary/aromatic N) is 2. The maximum atomic E-state index is 11.3. The number of aliphatic hydroxyl groups is 1. The first-order valence-corrected chi connectivity index (χ1v) is 5.22. The van der Waals surface area contributed by atoms with Crippen LogP contribution in [-0.4, -0.2) is 40.4 Å². The minimum atomic E-state index is -0.364. The summed E-state index contributed by atoms with van der Waals surface area (Å²) in [5, 5.41) is 18.1. The molecule has 0 unspecified atom stereocenters. The molecule has 1 rings (SSSR count). The highest BCUT2D eigenvalue weighted by Crippen LogP contribution is 2.07. The maximum Gasteiger partial charge on any atom is 0.223 e. The molecular formula is C11H18N2O3. The molecule has 16 heavy (non-hydrogen) atoms. The SMILES string of the molecule is CN(C)Cc1cc(=O)c(O)cn1CCCO. The van der Waals surface area contributed by atoms with Crippen LogP contribution in [0.2, 0.25) is 0 Å². The molecule has 0 saturated heterocycles. The number of hydrogen-bond acceptors (Lipinski definition) is 4. The van der Waals surface area contributed by atoms with Gasteiger partial charge in [0.2, 0.25) is 5.43 Å². The van der Waals surface area contributed by atoms with E-state index in [4.69, 9.17) is 5.11 Å². The lowest BCUT2D eigenvalue weighted by atomic mass is 10.3. The Morgan fingerprint density at radius 2 is 2.12 bits per heavy atom. The number of aryl methyl sites for hydroxylation is 1. The van der Waals surface area contributed by atoms with Gasteiger partial charge in [0.1, 0.15) is 0 Å². The fraction of sp³-hybridized carbons (Fsp3) is 0.545. The van der Waals surface area contributed by atoms with E-state index in [0.29, 0.717) is 19.5 Å². The van der Waals surface area contributed by atoms with Gasteiger partial charge in [0.05, 0.1) is 6.20 Å². The number of hydrogen-bond donors (Lipinski definition) is 2. The van der Waals surface area contributed by atoms with Gasteiger partial charge in [0.25, 0.3) is 0 Å². The summed E-state index contributed by atoms with van der Waals surface area (Å²) in [6.45, 7) is 1.31. The van der Waals surface area contributed by atoms with Gasteiger partial charge in [0.15, 0.2) is 5.75 Å². The third kappa shape index (κ3) is 3.36. The van der Waals surface area contributed by atoms with E-state index in [1.807, 2.05) is 19.0 Å². The molecule has 0 aliphatic carbocycles. The van der Waals surface area contributed by atoms with E-state index in [1.165, 1.54) is 12.3 Å². The lowest BCUT2D eigenvalue weighted by Gasteiger charge is -2.16. The van der Waals surface area contributed by atoms with Crippen molar-refractivity contribution in [3.05, 3.63) is 28.2 Å². The molecule has 0 aliphatic rings. The summed E-state index contributed by atoms with van der Waals surface area (Å²) in [4.78, 5) is 13.3. The van der Waals surface area contributed by atoms with Crippen molar-refractivity contribution in [3.63, 3.8) is 0 Å². The van der Waals surface area contributed by atoms with Crippen LogP contribution in [0.3, 0.4) is 0 Å². The molecule has 1 aromatic rings. The Hall–Kier alpha value is -1.33. The Labute approximate surface area is 94.6 Å². The molecule has 5 heteroatoms. The van der Waals surface area contributed by atoms with E-state index < -0.39 is 0 Å². The fourth-order valence-electron chi connectivity index (χ4n) is 1.51. The highest BCUT2D eigenvalue weighted by atomic mass is 16.3. The van der Waals surface area contributed by atoms with Gasteiger partial charge in [-0.1, -0.05) is 0 Å². The van der Waals surface area contributed by atoms with Crippen LogP contribution in [0.25, 0.3) is 0 Å². The first kappa shape index (κ1) is 12.7. The van der Waals surface area contributed by atoms with E-state index in [2.05, 4.69) is 0 Å². The molecule has 0 radical (unpaired) electrons. The van der Waals surface area contributed by atoms with Crippen molar-refractivity contribution in [3.8, 4) is 5.75 Å². The van der Waals surface area contributed by atoms with Gasteiger partial charge in [-0.2, -0.15) is 0 Å². The third-order valence-corrected chi connectivity index (χ3v) is 2.23. The molecule has 0 aromatic carbocycles. The third-order valence-electron chi connectivity index (χ3n) is 2.23. The number of aromatic nitrogens is 1. The zero-order chi connectivity index (χ0) is 12.1. The quantitative estimate of drug-likeness (QED) is 0.741. The largest absolute Gasteiger partial charge is 0.503 e. The van der Waals surface area contributed by atoms with Crippen LogP contribution in [0.5, 0.6) is 5.75 Å². The van der Waals surface area contributed by atoms with Crippen molar-refractivity contribution in [2.24, 2.45) is 0 Å². The monoisotopic (exact) mass is 226 g/mol. The zero-order valence-electron chi connectivity index (χ0n) is 9.68. The van der Waals surface area contributed by atoms with Crippen molar-refractivity contribution in [1.29, 1.82) is 0 Å². The molecule has 0 fully saturated rings. The molecule has 0 spiro atoms. The number of aromatic hydroxyl groups is 1. The van der Waals surface area contributed by atoms with Crippen LogP contribution in [-0.2, 0) is 13.1 Å². The van der Waals surface area contributed by atoms with Gasteiger partial charge in [0, 0.05) is 31.5 Å². The van der Waals surface area contributed by atoms with E-state index in [1.54, 1.807) is 4.57 Å². The lowest BCUT2D eigenvalue weighted by Crippen LogP contribution is -2.19. The molecule has 5 nitrogen and oxygen atoms in total. The van der Waals surface area contributed by atoms with Crippen LogP contribution in [0, 0.1) is 0 Å². The molecule has 1 heterocycles. The van der Waals surface area contributed by atoms with Gasteiger partial charge in [-0.05, 0) is 20.5 Å². The fourth-order valence-corrected chi connectivity index (χ4v) is 1.51. The highest BCUT2D eigenvalue weighted by molar-refractivity contribution is 5.20. The summed E-state index contributed by atoms with van der Waals surface area (Å²) in [5.41, 5.74) is 0.471. The predicted molar refractivity (Wildman–Crippen MR) is 61.5 cm³/mol. The van der Waals surface area contributed by atoms with Gasteiger partial charge in [-0.25, -0.2) is 0 Å². The Morgan fingerprint density at radius 3 is 2.69 bits per heavy atom. The standard InChI is InChI=1S/C11H18N2O3/c1-12(2)7-9-6-10(15)11(16)8-13(9)4-3-5-14/h6,8,14,16H,3-5,7H2,1-2H3. The number of pyridine rings is 1. The first-order valence-electron chi connectivity index (χ1n) is 5.22. The van der Waals surface area contributed by atoms with Gasteiger partial charge >= 0.3 is 0 Å². The summed E-state index contributed by atoms with van der Waals surface area (Å²) < 4.78 is 1.80. The molecule has 2 N–H and O–H groups in total. The van der Waals surface area contributed by atoms with E-state index in [0.717, 1.165) is 5.69 Å². The summed E-state index contributed by atoms with van der Waals surface area (Å²) >= 11 is 0. The summed E-state index contributed by atoms with van der Waals surface area (Å²) in [7, 11) is 3.82. The van der Waals surface area contributed by atoms with Crippen LogP contribution >= 0.6 is 0 Å². The molecule has 0 atom stereocenters. The predicted octanol–water partition coefficient (Wildman–Crippen LogP) is -0.00210. The lowest BCUT2D eigenvalue weighted by molar-refractivity contribution is 0.276. The number of rotatable bonds is 5. The minimum Gasteiger partial charge on any atom is -0.503 e. The summed E-state index contributed by atoms with van der Waals surface area (Å²) in [6, 6.07) is 1.44. The molecule has 0 bridgehead atoms. The summed E-state index contributed by atoms with van der Waals surface area (Å²) in [6.07, 6.45) is 2.03. The molecule has 0 saturated carbocycles. The molecule has 0 amide bonds. The number of aliphatic hydroxyl groups excluding tert-OH is 1. The van der Waals surface area contributed by atoms with Crippen molar-refractivity contribution >= 4 is 0 Å². The van der Waals surface area contributed by atoms with Gasteiger partial charge < -0.3 is 19.7 Å². The molecule has 0 aliphatic heterocycles. The molecule has 90 valence electrons. The average molecular weight is 226 g/mol. The maximum absolute atomic E-state index is 11.3. The molecule has 1 aromatic heterocycles. The second-order valence-corrected chi connectivity index (χ2v) is 4.02. The van der Waals surface area contributed by atoms with Crippen molar-refractivity contribution in [2.75, 3.05) is 20.7 Å². The van der Waals surface area contributed by atoms with Crippen LogP contribution in [0.4, 0.5) is 0 Å². The van der Waals surface area contributed by atoms with Crippen molar-refractivity contribution < 1.29 is 10.2 Å². The topological polar surface area (TPSA) is 65.7 Å². The van der Waals surface area contributed by atoms with Crippen LogP contribution in [0.15, 0.2) is 17.1 Å².